The van der Waals surface area contributed by atoms with Crippen molar-refractivity contribution >= 4 is 5.91 Å². The van der Waals surface area contributed by atoms with Crippen LogP contribution in [-0.4, -0.2) is 42.1 Å². The van der Waals surface area contributed by atoms with E-state index in [0.29, 0.717) is 26.3 Å². The summed E-state index contributed by atoms with van der Waals surface area (Å²) in [6.07, 6.45) is -1.61. The number of carbonyl (C=O) groups excluding carboxylic acids is 1. The van der Waals surface area contributed by atoms with Gasteiger partial charge in [-0.1, -0.05) is 6.07 Å². The van der Waals surface area contributed by atoms with Crippen LogP contribution >= 0.6 is 0 Å². The fourth-order valence-corrected chi connectivity index (χ4v) is 3.14. The van der Waals surface area contributed by atoms with Crippen LogP contribution in [-0.2, 0) is 15.7 Å². The average Bonchev–Trinajstić information content (AvgIpc) is 2.51. The molecule has 2 aliphatic heterocycles. The number of likely N-dealkylation sites (tertiary alicyclic amines) is 1. The number of pyridine rings is 1. The number of alkyl halides is 3. The summed E-state index contributed by atoms with van der Waals surface area (Å²) in [6.45, 7) is 4.09. The quantitative estimate of drug-likeness (QED) is 0.838. The Bertz CT molecular complexity index is 574. The first-order valence-corrected chi connectivity index (χ1v) is 7.70. The Morgan fingerprint density at radius 2 is 1.96 bits per heavy atom. The van der Waals surface area contributed by atoms with Gasteiger partial charge in [0.15, 0.2) is 0 Å². The van der Waals surface area contributed by atoms with Gasteiger partial charge in [-0.25, -0.2) is 0 Å². The first-order chi connectivity index (χ1) is 10.8. The number of aromatic nitrogens is 1. The van der Waals surface area contributed by atoms with E-state index in [1.807, 2.05) is 11.8 Å². The van der Waals surface area contributed by atoms with Gasteiger partial charge in [0.2, 0.25) is 5.91 Å². The minimum absolute atomic E-state index is 0.118. The number of rotatable bonds is 2. The Morgan fingerprint density at radius 1 is 1.30 bits per heavy atom. The second-order valence-corrected chi connectivity index (χ2v) is 6.59. The van der Waals surface area contributed by atoms with Crippen LogP contribution in [0.15, 0.2) is 18.3 Å². The second-order valence-electron chi connectivity index (χ2n) is 6.59. The molecule has 0 N–H and O–H groups in total. The number of hydrogen-bond acceptors (Lipinski definition) is 3. The molecule has 1 aromatic rings. The molecule has 4 nitrogen and oxygen atoms in total. The van der Waals surface area contributed by atoms with Gasteiger partial charge >= 0.3 is 6.18 Å². The number of carbonyl (C=O) groups is 1. The fourth-order valence-electron chi connectivity index (χ4n) is 3.14. The van der Waals surface area contributed by atoms with Gasteiger partial charge in [-0.2, -0.15) is 13.2 Å². The lowest BCUT2D eigenvalue weighted by atomic mass is 9.84. The first kappa shape index (κ1) is 16.2. The third-order valence-corrected chi connectivity index (χ3v) is 4.69. The van der Waals surface area contributed by atoms with Crippen molar-refractivity contribution in [2.45, 2.75) is 31.9 Å². The zero-order valence-corrected chi connectivity index (χ0v) is 12.9. The summed E-state index contributed by atoms with van der Waals surface area (Å²) >= 11 is 0. The predicted octanol–water partition coefficient (Wildman–Crippen LogP) is 2.84. The van der Waals surface area contributed by atoms with E-state index in [1.54, 1.807) is 0 Å². The molecule has 0 unspecified atom stereocenters. The van der Waals surface area contributed by atoms with Crippen molar-refractivity contribution in [3.05, 3.63) is 29.6 Å². The van der Waals surface area contributed by atoms with E-state index >= 15 is 0 Å². The molecule has 2 fully saturated rings. The Labute approximate surface area is 132 Å². The lowest BCUT2D eigenvalue weighted by molar-refractivity contribution is -0.169. The van der Waals surface area contributed by atoms with Crippen molar-refractivity contribution in [3.63, 3.8) is 0 Å². The van der Waals surface area contributed by atoms with Crippen LogP contribution in [0.4, 0.5) is 13.2 Å². The third-order valence-electron chi connectivity index (χ3n) is 4.69. The minimum atomic E-state index is -4.41. The molecule has 0 saturated carbocycles. The van der Waals surface area contributed by atoms with E-state index in [9.17, 15) is 18.0 Å². The summed E-state index contributed by atoms with van der Waals surface area (Å²) in [5.41, 5.74) is -0.460. The van der Waals surface area contributed by atoms with Gasteiger partial charge in [-0.05, 0) is 37.3 Å². The number of ether oxygens (including phenoxy) is 1. The van der Waals surface area contributed by atoms with E-state index in [4.69, 9.17) is 4.74 Å². The molecule has 0 aromatic carbocycles. The summed E-state index contributed by atoms with van der Waals surface area (Å²) in [4.78, 5) is 17.8. The topological polar surface area (TPSA) is 42.4 Å². The molecule has 23 heavy (non-hydrogen) atoms. The molecular weight excluding hydrogens is 309 g/mol. The van der Waals surface area contributed by atoms with Gasteiger partial charge < -0.3 is 9.64 Å². The van der Waals surface area contributed by atoms with E-state index in [1.165, 1.54) is 12.3 Å². The number of nitrogens with zero attached hydrogens (tertiary/aromatic N) is 2. The molecule has 0 radical (unpaired) electrons. The van der Waals surface area contributed by atoms with Gasteiger partial charge in [0.1, 0.15) is 5.69 Å². The Morgan fingerprint density at radius 3 is 2.39 bits per heavy atom. The van der Waals surface area contributed by atoms with Crippen molar-refractivity contribution in [2.24, 2.45) is 5.41 Å². The normalized spacial score (nSPS) is 21.8. The maximum atomic E-state index is 12.5. The van der Waals surface area contributed by atoms with Gasteiger partial charge in [0.25, 0.3) is 0 Å². The van der Waals surface area contributed by atoms with E-state index < -0.39 is 17.3 Å². The molecule has 0 bridgehead atoms. The number of halogens is 3. The molecule has 3 heterocycles. The number of amides is 1. The van der Waals surface area contributed by atoms with E-state index in [0.717, 1.165) is 24.5 Å². The lowest BCUT2D eigenvalue weighted by Gasteiger charge is -2.42. The zero-order chi connectivity index (χ0) is 16.7. The summed E-state index contributed by atoms with van der Waals surface area (Å²) < 4.78 is 42.7. The molecule has 7 heteroatoms. The molecular formula is C16H19F3N2O2. The van der Waals surface area contributed by atoms with Crippen molar-refractivity contribution < 1.29 is 22.7 Å². The van der Waals surface area contributed by atoms with Crippen LogP contribution < -0.4 is 0 Å². The van der Waals surface area contributed by atoms with Gasteiger partial charge in [-0.3, -0.25) is 9.78 Å². The average molecular weight is 328 g/mol. The summed E-state index contributed by atoms with van der Waals surface area (Å²) in [6, 6.07) is 2.53. The van der Waals surface area contributed by atoms with Gasteiger partial charge in [0.05, 0.1) is 18.6 Å². The maximum Gasteiger partial charge on any atom is 0.433 e. The molecule has 3 rings (SSSR count). The highest BCUT2D eigenvalue weighted by Gasteiger charge is 2.44. The standard InChI is InChI=1S/C16H19F3N2O2/c1-15(9-23-10-15)14(22)21-6-4-11(5-7-21)12-2-3-13(20-8-12)16(17,18)19/h2-3,8,11H,4-7,9-10H2,1H3. The summed E-state index contributed by atoms with van der Waals surface area (Å²) in [5, 5.41) is 0. The molecule has 2 saturated heterocycles. The van der Waals surface area contributed by atoms with Crippen LogP contribution in [0.3, 0.4) is 0 Å². The number of hydrogen-bond donors (Lipinski definition) is 0. The zero-order valence-electron chi connectivity index (χ0n) is 12.9. The van der Waals surface area contributed by atoms with E-state index in [2.05, 4.69) is 4.98 Å². The molecule has 0 atom stereocenters. The fraction of sp³-hybridized carbons (Fsp3) is 0.625. The Hall–Kier alpha value is -1.63. The molecule has 0 spiro atoms. The van der Waals surface area contributed by atoms with E-state index in [-0.39, 0.29) is 11.8 Å². The highest BCUT2D eigenvalue weighted by Crippen LogP contribution is 2.34. The van der Waals surface area contributed by atoms with Crippen molar-refractivity contribution in [1.82, 2.24) is 9.88 Å². The van der Waals surface area contributed by atoms with Gasteiger partial charge in [-0.15, -0.1) is 0 Å². The predicted molar refractivity (Wildman–Crippen MR) is 76.7 cm³/mol. The smallest absolute Gasteiger partial charge is 0.379 e. The second kappa shape index (κ2) is 5.78. The first-order valence-electron chi connectivity index (χ1n) is 7.70. The molecule has 2 aliphatic rings. The lowest BCUT2D eigenvalue weighted by Crippen LogP contribution is -2.54. The largest absolute Gasteiger partial charge is 0.433 e. The van der Waals surface area contributed by atoms with Crippen molar-refractivity contribution in [3.8, 4) is 0 Å². The van der Waals surface area contributed by atoms with Crippen LogP contribution in [0.1, 0.15) is 36.9 Å². The Kier molecular flexibility index (Phi) is 4.08. The molecule has 1 amide bonds. The summed E-state index contributed by atoms with van der Waals surface area (Å²) in [5.74, 6) is 0.270. The van der Waals surface area contributed by atoms with Crippen LogP contribution in [0.2, 0.25) is 0 Å². The van der Waals surface area contributed by atoms with Crippen molar-refractivity contribution in [2.75, 3.05) is 26.3 Å². The Balaban J connectivity index is 1.59. The minimum Gasteiger partial charge on any atom is -0.379 e. The monoisotopic (exact) mass is 328 g/mol. The number of piperidine rings is 1. The molecule has 0 aliphatic carbocycles. The van der Waals surface area contributed by atoms with Crippen molar-refractivity contribution in [1.29, 1.82) is 0 Å². The van der Waals surface area contributed by atoms with Crippen LogP contribution in [0.5, 0.6) is 0 Å². The third kappa shape index (κ3) is 3.20. The highest BCUT2D eigenvalue weighted by molar-refractivity contribution is 5.83. The van der Waals surface area contributed by atoms with Crippen LogP contribution in [0, 0.1) is 5.41 Å². The summed E-state index contributed by atoms with van der Waals surface area (Å²) in [7, 11) is 0. The highest BCUT2D eigenvalue weighted by atomic mass is 19.4. The van der Waals surface area contributed by atoms with Crippen LogP contribution in [0.25, 0.3) is 0 Å². The SMILES string of the molecule is CC1(C(=O)N2CCC(c3ccc(C(F)(F)F)nc3)CC2)COC1. The van der Waals surface area contributed by atoms with Gasteiger partial charge in [0, 0.05) is 19.3 Å². The maximum absolute atomic E-state index is 12.5. The molecule has 126 valence electrons. The molecule has 1 aromatic heterocycles.